The molecule has 0 saturated heterocycles. The molecule has 2 rings (SSSR count). The summed E-state index contributed by atoms with van der Waals surface area (Å²) in [6, 6.07) is 0. The molecule has 2 aliphatic carbocycles. The van der Waals surface area contributed by atoms with Crippen LogP contribution >= 0.6 is 0 Å². The van der Waals surface area contributed by atoms with Crippen molar-refractivity contribution in [3.63, 3.8) is 0 Å². The normalized spacial score (nSPS) is 27.8. The van der Waals surface area contributed by atoms with E-state index in [1.165, 1.54) is 64.2 Å². The second-order valence-electron chi connectivity index (χ2n) is 5.69. The minimum absolute atomic E-state index is 0.772. The Morgan fingerprint density at radius 1 is 0.800 bits per heavy atom. The van der Waals surface area contributed by atoms with E-state index in [0.717, 1.165) is 17.8 Å². The molecule has 1 atom stereocenters. The standard InChI is InChI=1S/C15H26/c1-13(15-10-6-3-7-11-15)12-14-8-4-2-5-9-14/h13-15H,2-11H2,1H3. The molecule has 2 radical (unpaired) electrons. The van der Waals surface area contributed by atoms with Gasteiger partial charge in [0.05, 0.1) is 0 Å². The molecule has 0 heteroatoms. The van der Waals surface area contributed by atoms with Gasteiger partial charge in [-0.25, -0.2) is 0 Å². The molecular formula is C15H26. The molecule has 0 heterocycles. The molecule has 0 N–H and O–H groups in total. The molecule has 0 aliphatic heterocycles. The van der Waals surface area contributed by atoms with Gasteiger partial charge in [-0.2, -0.15) is 0 Å². The first-order valence-electron chi connectivity index (χ1n) is 7.12. The Morgan fingerprint density at radius 3 is 1.93 bits per heavy atom. The van der Waals surface area contributed by atoms with Crippen LogP contribution in [0.25, 0.3) is 0 Å². The lowest BCUT2D eigenvalue weighted by molar-refractivity contribution is 0.259. The topological polar surface area (TPSA) is 0 Å². The van der Waals surface area contributed by atoms with Crippen LogP contribution in [0.1, 0.15) is 71.1 Å². The summed E-state index contributed by atoms with van der Waals surface area (Å²) in [6.07, 6.45) is 18.5. The molecule has 2 saturated carbocycles. The average Bonchev–Trinajstić information content (AvgIpc) is 2.31. The van der Waals surface area contributed by atoms with Gasteiger partial charge in [0.1, 0.15) is 0 Å². The van der Waals surface area contributed by atoms with Crippen molar-refractivity contribution in [3.05, 3.63) is 6.42 Å². The first-order valence-corrected chi connectivity index (χ1v) is 7.12. The van der Waals surface area contributed by atoms with Crippen LogP contribution in [0.4, 0.5) is 0 Å². The Balaban J connectivity index is 1.72. The van der Waals surface area contributed by atoms with Gasteiger partial charge in [0.2, 0.25) is 0 Å². The molecule has 0 aromatic carbocycles. The molecule has 1 unspecified atom stereocenters. The van der Waals surface area contributed by atoms with Gasteiger partial charge >= 0.3 is 0 Å². The molecule has 0 bridgehead atoms. The molecule has 0 aromatic rings. The molecule has 2 aliphatic rings. The number of hydrogen-bond acceptors (Lipinski definition) is 0. The van der Waals surface area contributed by atoms with E-state index >= 15 is 0 Å². The van der Waals surface area contributed by atoms with Gasteiger partial charge < -0.3 is 0 Å². The fourth-order valence-corrected chi connectivity index (χ4v) is 3.41. The molecule has 0 amide bonds. The van der Waals surface area contributed by atoms with E-state index in [1.807, 2.05) is 0 Å². The van der Waals surface area contributed by atoms with E-state index in [4.69, 9.17) is 0 Å². The van der Waals surface area contributed by atoms with E-state index < -0.39 is 0 Å². The predicted octanol–water partition coefficient (Wildman–Crippen LogP) is 4.86. The maximum absolute atomic E-state index is 3.89. The molecular weight excluding hydrogens is 180 g/mol. The Hall–Kier alpha value is 0. The van der Waals surface area contributed by atoms with Crippen LogP contribution in [0.5, 0.6) is 0 Å². The summed E-state index contributed by atoms with van der Waals surface area (Å²) in [6.45, 7) is 2.42. The highest BCUT2D eigenvalue weighted by Crippen LogP contribution is 2.36. The third-order valence-corrected chi connectivity index (χ3v) is 4.46. The molecule has 2 fully saturated rings. The predicted molar refractivity (Wildman–Crippen MR) is 65.6 cm³/mol. The van der Waals surface area contributed by atoms with E-state index in [0.29, 0.717) is 0 Å². The van der Waals surface area contributed by atoms with E-state index in [1.54, 1.807) is 0 Å². The van der Waals surface area contributed by atoms with Crippen LogP contribution in [0, 0.1) is 24.2 Å². The van der Waals surface area contributed by atoms with Crippen LogP contribution in [0.3, 0.4) is 0 Å². The number of hydrogen-bond donors (Lipinski definition) is 0. The third-order valence-electron chi connectivity index (χ3n) is 4.46. The summed E-state index contributed by atoms with van der Waals surface area (Å²) in [5, 5.41) is 0. The van der Waals surface area contributed by atoms with E-state index in [2.05, 4.69) is 13.3 Å². The Labute approximate surface area is 95.8 Å². The minimum Gasteiger partial charge on any atom is -0.0617 e. The molecule has 0 nitrogen and oxygen atoms in total. The van der Waals surface area contributed by atoms with Crippen LogP contribution < -0.4 is 0 Å². The summed E-state index contributed by atoms with van der Waals surface area (Å²) in [5.41, 5.74) is 0. The number of rotatable bonds is 3. The van der Waals surface area contributed by atoms with Gasteiger partial charge in [-0.1, -0.05) is 58.3 Å². The largest absolute Gasteiger partial charge is 0.0617 e. The smallest absolute Gasteiger partial charge is 0.0106 e. The summed E-state index contributed by atoms with van der Waals surface area (Å²) in [4.78, 5) is 0. The first kappa shape index (κ1) is 11.5. The third kappa shape index (κ3) is 3.50. The Morgan fingerprint density at radius 2 is 1.33 bits per heavy atom. The van der Waals surface area contributed by atoms with Crippen molar-refractivity contribution < 1.29 is 0 Å². The maximum Gasteiger partial charge on any atom is -0.0106 e. The van der Waals surface area contributed by atoms with Gasteiger partial charge in [0.15, 0.2) is 0 Å². The summed E-state index contributed by atoms with van der Waals surface area (Å²) >= 11 is 0. The summed E-state index contributed by atoms with van der Waals surface area (Å²) < 4.78 is 0. The highest BCUT2D eigenvalue weighted by Gasteiger charge is 2.24. The van der Waals surface area contributed by atoms with Crippen molar-refractivity contribution >= 4 is 0 Å². The van der Waals surface area contributed by atoms with Crippen molar-refractivity contribution in [3.8, 4) is 0 Å². The van der Waals surface area contributed by atoms with Crippen molar-refractivity contribution in [2.75, 3.05) is 0 Å². The van der Waals surface area contributed by atoms with E-state index in [-0.39, 0.29) is 0 Å². The quantitative estimate of drug-likeness (QED) is 0.618. The van der Waals surface area contributed by atoms with Gasteiger partial charge in [0, 0.05) is 0 Å². The van der Waals surface area contributed by atoms with Crippen LogP contribution in [0.15, 0.2) is 0 Å². The van der Waals surface area contributed by atoms with E-state index in [9.17, 15) is 0 Å². The van der Waals surface area contributed by atoms with Crippen LogP contribution in [-0.2, 0) is 0 Å². The highest BCUT2D eigenvalue weighted by atomic mass is 14.3. The Kier molecular flexibility index (Phi) is 4.53. The van der Waals surface area contributed by atoms with Crippen LogP contribution in [0.2, 0.25) is 0 Å². The molecule has 15 heavy (non-hydrogen) atoms. The summed E-state index contributed by atoms with van der Waals surface area (Å²) in [5.74, 6) is 2.59. The zero-order valence-corrected chi connectivity index (χ0v) is 10.3. The van der Waals surface area contributed by atoms with Gasteiger partial charge in [0.25, 0.3) is 0 Å². The first-order chi connectivity index (χ1) is 7.36. The zero-order chi connectivity index (χ0) is 10.5. The minimum atomic E-state index is 0.772. The zero-order valence-electron chi connectivity index (χ0n) is 10.3. The van der Waals surface area contributed by atoms with Crippen LogP contribution in [-0.4, -0.2) is 0 Å². The lowest BCUT2D eigenvalue weighted by atomic mass is 9.74. The SMILES string of the molecule is CC([C]C1CCCCC1)C1CCCCC1. The van der Waals surface area contributed by atoms with Crippen molar-refractivity contribution in [1.82, 2.24) is 0 Å². The Bertz CT molecular complexity index is 161. The lowest BCUT2D eigenvalue weighted by Gasteiger charge is -2.31. The fourth-order valence-electron chi connectivity index (χ4n) is 3.41. The second-order valence-corrected chi connectivity index (χ2v) is 5.69. The van der Waals surface area contributed by atoms with Crippen molar-refractivity contribution in [2.45, 2.75) is 71.1 Å². The fraction of sp³-hybridized carbons (Fsp3) is 0.933. The molecule has 86 valence electrons. The molecule has 0 aromatic heterocycles. The van der Waals surface area contributed by atoms with Gasteiger partial charge in [-0.15, -0.1) is 0 Å². The van der Waals surface area contributed by atoms with Crippen molar-refractivity contribution in [1.29, 1.82) is 0 Å². The van der Waals surface area contributed by atoms with Gasteiger partial charge in [-0.05, 0) is 37.0 Å². The molecule has 0 spiro atoms. The lowest BCUT2D eigenvalue weighted by Crippen LogP contribution is -2.20. The highest BCUT2D eigenvalue weighted by molar-refractivity contribution is 4.87. The second kappa shape index (κ2) is 5.92. The monoisotopic (exact) mass is 206 g/mol. The summed E-state index contributed by atoms with van der Waals surface area (Å²) in [7, 11) is 0. The van der Waals surface area contributed by atoms with Crippen molar-refractivity contribution in [2.24, 2.45) is 17.8 Å². The average molecular weight is 206 g/mol. The maximum atomic E-state index is 3.89. The van der Waals surface area contributed by atoms with Gasteiger partial charge in [-0.3, -0.25) is 0 Å².